The van der Waals surface area contributed by atoms with Gasteiger partial charge in [0.2, 0.25) is 0 Å². The van der Waals surface area contributed by atoms with Crippen molar-refractivity contribution in [2.45, 2.75) is 52.2 Å². The lowest BCUT2D eigenvalue weighted by atomic mass is 9.96. The van der Waals surface area contributed by atoms with Crippen LogP contribution in [0.25, 0.3) is 11.5 Å². The summed E-state index contributed by atoms with van der Waals surface area (Å²) in [4.78, 5) is 4.39. The van der Waals surface area contributed by atoms with Crippen LogP contribution in [0.5, 0.6) is 0 Å². The summed E-state index contributed by atoms with van der Waals surface area (Å²) in [5.74, 6) is 2.57. The fraction of sp³-hybridized carbons (Fsp3) is 0.600. The minimum Gasteiger partial charge on any atom is -0.466 e. The quantitative estimate of drug-likeness (QED) is 0.911. The standard InChI is InChI=1S/C15H21N3O3/c1-8-9(2)20-10(3)13(8)15-17-14(18-21-15)12(16)7-19-11-5-4-6-11/h11-12H,4-7,16H2,1-3H3. The van der Waals surface area contributed by atoms with Crippen molar-refractivity contribution in [2.75, 3.05) is 6.61 Å². The molecule has 3 rings (SSSR count). The Labute approximate surface area is 123 Å². The molecule has 2 aromatic rings. The van der Waals surface area contributed by atoms with Crippen LogP contribution in [0.1, 0.15) is 48.2 Å². The minimum absolute atomic E-state index is 0.350. The lowest BCUT2D eigenvalue weighted by Crippen LogP contribution is -2.27. The highest BCUT2D eigenvalue weighted by molar-refractivity contribution is 5.61. The van der Waals surface area contributed by atoms with Crippen molar-refractivity contribution in [3.63, 3.8) is 0 Å². The number of rotatable bonds is 5. The highest BCUT2D eigenvalue weighted by Gasteiger charge is 2.23. The van der Waals surface area contributed by atoms with E-state index in [1.165, 1.54) is 6.42 Å². The molecule has 2 heterocycles. The Hall–Kier alpha value is -1.66. The summed E-state index contributed by atoms with van der Waals surface area (Å²) in [5.41, 5.74) is 7.94. The van der Waals surface area contributed by atoms with Gasteiger partial charge in [-0.15, -0.1) is 0 Å². The number of ether oxygens (including phenoxy) is 1. The smallest absolute Gasteiger partial charge is 0.261 e. The highest BCUT2D eigenvalue weighted by atomic mass is 16.5. The van der Waals surface area contributed by atoms with Gasteiger partial charge < -0.3 is 19.4 Å². The maximum absolute atomic E-state index is 6.06. The molecular formula is C15H21N3O3. The van der Waals surface area contributed by atoms with Gasteiger partial charge in [-0.25, -0.2) is 0 Å². The Morgan fingerprint density at radius 3 is 2.62 bits per heavy atom. The van der Waals surface area contributed by atoms with E-state index in [1.54, 1.807) is 0 Å². The van der Waals surface area contributed by atoms with Crippen LogP contribution in [0.3, 0.4) is 0 Å². The zero-order valence-electron chi connectivity index (χ0n) is 12.7. The van der Waals surface area contributed by atoms with Crippen LogP contribution in [-0.2, 0) is 4.74 Å². The summed E-state index contributed by atoms with van der Waals surface area (Å²) in [5, 5.41) is 3.97. The third kappa shape index (κ3) is 2.73. The molecule has 0 bridgehead atoms. The predicted octanol–water partition coefficient (Wildman–Crippen LogP) is 2.82. The second-order valence-electron chi connectivity index (χ2n) is 5.66. The number of aromatic nitrogens is 2. The molecule has 6 heteroatoms. The summed E-state index contributed by atoms with van der Waals surface area (Å²) in [7, 11) is 0. The normalized spacial score (nSPS) is 17.0. The van der Waals surface area contributed by atoms with Crippen molar-refractivity contribution in [3.8, 4) is 11.5 Å². The Morgan fingerprint density at radius 1 is 1.29 bits per heavy atom. The molecule has 1 aliphatic carbocycles. The van der Waals surface area contributed by atoms with Gasteiger partial charge in [-0.3, -0.25) is 0 Å². The molecule has 0 saturated heterocycles. The van der Waals surface area contributed by atoms with E-state index in [0.29, 0.717) is 24.4 Å². The molecule has 2 N–H and O–H groups in total. The van der Waals surface area contributed by atoms with Gasteiger partial charge in [-0.2, -0.15) is 4.98 Å². The van der Waals surface area contributed by atoms with E-state index in [1.807, 2.05) is 20.8 Å². The van der Waals surface area contributed by atoms with Crippen LogP contribution in [-0.4, -0.2) is 22.9 Å². The zero-order valence-corrected chi connectivity index (χ0v) is 12.7. The maximum atomic E-state index is 6.06. The molecule has 6 nitrogen and oxygen atoms in total. The molecule has 0 spiro atoms. The van der Waals surface area contributed by atoms with Gasteiger partial charge in [-0.1, -0.05) is 5.16 Å². The molecule has 1 saturated carbocycles. The molecule has 0 aliphatic heterocycles. The first kappa shape index (κ1) is 14.3. The van der Waals surface area contributed by atoms with Crippen LogP contribution in [0, 0.1) is 20.8 Å². The first-order valence-electron chi connectivity index (χ1n) is 7.34. The summed E-state index contributed by atoms with van der Waals surface area (Å²) in [6, 6.07) is -0.364. The van der Waals surface area contributed by atoms with Crippen LogP contribution in [0.15, 0.2) is 8.94 Å². The van der Waals surface area contributed by atoms with E-state index in [-0.39, 0.29) is 6.04 Å². The molecule has 1 unspecified atom stereocenters. The van der Waals surface area contributed by atoms with Crippen molar-refractivity contribution in [2.24, 2.45) is 5.73 Å². The topological polar surface area (TPSA) is 87.3 Å². The van der Waals surface area contributed by atoms with Gasteiger partial charge in [0, 0.05) is 5.56 Å². The Kier molecular flexibility index (Phi) is 3.82. The van der Waals surface area contributed by atoms with Gasteiger partial charge in [0.05, 0.1) is 24.3 Å². The van der Waals surface area contributed by atoms with E-state index in [0.717, 1.165) is 35.5 Å². The Bertz CT molecular complexity index is 628. The Morgan fingerprint density at radius 2 is 2.05 bits per heavy atom. The SMILES string of the molecule is Cc1oc(C)c(-c2nc(C(N)COC3CCC3)no2)c1C. The van der Waals surface area contributed by atoms with Gasteiger partial charge in [0.15, 0.2) is 5.82 Å². The molecule has 2 aromatic heterocycles. The molecule has 0 radical (unpaired) electrons. The second-order valence-corrected chi connectivity index (χ2v) is 5.66. The number of hydrogen-bond donors (Lipinski definition) is 1. The van der Waals surface area contributed by atoms with Crippen molar-refractivity contribution >= 4 is 0 Å². The summed E-state index contributed by atoms with van der Waals surface area (Å²) in [6.07, 6.45) is 3.83. The van der Waals surface area contributed by atoms with Crippen LogP contribution >= 0.6 is 0 Å². The van der Waals surface area contributed by atoms with Crippen molar-refractivity contribution in [1.82, 2.24) is 10.1 Å². The van der Waals surface area contributed by atoms with E-state index in [9.17, 15) is 0 Å². The first-order chi connectivity index (χ1) is 10.1. The lowest BCUT2D eigenvalue weighted by molar-refractivity contribution is -0.00549. The van der Waals surface area contributed by atoms with E-state index in [2.05, 4.69) is 10.1 Å². The number of nitrogens with zero attached hydrogens (tertiary/aromatic N) is 2. The van der Waals surface area contributed by atoms with E-state index >= 15 is 0 Å². The van der Waals surface area contributed by atoms with Gasteiger partial charge in [0.1, 0.15) is 11.5 Å². The summed E-state index contributed by atoms with van der Waals surface area (Å²) in [6.45, 7) is 6.21. The van der Waals surface area contributed by atoms with Gasteiger partial charge in [-0.05, 0) is 40.0 Å². The largest absolute Gasteiger partial charge is 0.466 e. The fourth-order valence-corrected chi connectivity index (χ4v) is 2.45. The van der Waals surface area contributed by atoms with Crippen molar-refractivity contribution < 1.29 is 13.7 Å². The molecule has 21 heavy (non-hydrogen) atoms. The lowest BCUT2D eigenvalue weighted by Gasteiger charge is -2.26. The molecule has 1 atom stereocenters. The van der Waals surface area contributed by atoms with Gasteiger partial charge >= 0.3 is 0 Å². The third-order valence-corrected chi connectivity index (χ3v) is 4.11. The fourth-order valence-electron chi connectivity index (χ4n) is 2.45. The maximum Gasteiger partial charge on any atom is 0.261 e. The highest BCUT2D eigenvalue weighted by Crippen LogP contribution is 2.30. The molecule has 1 fully saturated rings. The van der Waals surface area contributed by atoms with Crippen LogP contribution < -0.4 is 5.73 Å². The van der Waals surface area contributed by atoms with Crippen LogP contribution in [0.4, 0.5) is 0 Å². The Balaban J connectivity index is 1.73. The molecule has 114 valence electrons. The van der Waals surface area contributed by atoms with Crippen molar-refractivity contribution in [3.05, 3.63) is 22.9 Å². The summed E-state index contributed by atoms with van der Waals surface area (Å²) >= 11 is 0. The summed E-state index contributed by atoms with van der Waals surface area (Å²) < 4.78 is 16.6. The number of aryl methyl sites for hydroxylation is 2. The third-order valence-electron chi connectivity index (χ3n) is 4.11. The number of hydrogen-bond acceptors (Lipinski definition) is 6. The molecule has 0 aromatic carbocycles. The second kappa shape index (κ2) is 5.61. The van der Waals surface area contributed by atoms with Gasteiger partial charge in [0.25, 0.3) is 5.89 Å². The molecule has 0 amide bonds. The van der Waals surface area contributed by atoms with E-state index < -0.39 is 0 Å². The van der Waals surface area contributed by atoms with E-state index in [4.69, 9.17) is 19.4 Å². The predicted molar refractivity (Wildman–Crippen MR) is 76.7 cm³/mol. The molecular weight excluding hydrogens is 270 g/mol. The number of furan rings is 1. The average molecular weight is 291 g/mol. The zero-order chi connectivity index (χ0) is 15.0. The first-order valence-corrected chi connectivity index (χ1v) is 7.34. The monoisotopic (exact) mass is 291 g/mol. The number of nitrogens with two attached hydrogens (primary N) is 1. The minimum atomic E-state index is -0.364. The average Bonchev–Trinajstić information content (AvgIpc) is 2.94. The molecule has 1 aliphatic rings. The van der Waals surface area contributed by atoms with Crippen molar-refractivity contribution in [1.29, 1.82) is 0 Å². The van der Waals surface area contributed by atoms with Crippen LogP contribution in [0.2, 0.25) is 0 Å².